The predicted octanol–water partition coefficient (Wildman–Crippen LogP) is 3.60. The Morgan fingerprint density at radius 1 is 1.30 bits per heavy atom. The van der Waals surface area contributed by atoms with E-state index in [1.807, 2.05) is 0 Å². The molecule has 0 bridgehead atoms. The zero-order valence-corrected chi connectivity index (χ0v) is 12.9. The highest BCUT2D eigenvalue weighted by molar-refractivity contribution is 9.10. The molecule has 1 heterocycles. The minimum atomic E-state index is -0.583. The standard InChI is InChI=1S/C14H10BrFO3S/c1-19-12(17)7-8-5-6-11(20-8)14(18)9-3-2-4-10(15)13(9)16/h2-6H,7H2,1H3. The number of thiophene rings is 1. The SMILES string of the molecule is COC(=O)Cc1ccc(C(=O)c2cccc(Br)c2F)s1. The summed E-state index contributed by atoms with van der Waals surface area (Å²) in [6.45, 7) is 0. The van der Waals surface area contributed by atoms with E-state index < -0.39 is 11.6 Å². The lowest BCUT2D eigenvalue weighted by atomic mass is 10.1. The first kappa shape index (κ1) is 14.9. The molecule has 0 spiro atoms. The second-order valence-corrected chi connectivity index (χ2v) is 5.97. The van der Waals surface area contributed by atoms with Crippen LogP contribution in [0.1, 0.15) is 20.1 Å². The number of carbonyl (C=O) groups excluding carboxylic acids is 2. The van der Waals surface area contributed by atoms with Gasteiger partial charge in [0.15, 0.2) is 0 Å². The number of esters is 1. The number of hydrogen-bond acceptors (Lipinski definition) is 4. The second kappa shape index (κ2) is 6.28. The molecule has 0 fully saturated rings. The van der Waals surface area contributed by atoms with Gasteiger partial charge in [-0.15, -0.1) is 11.3 Å². The number of benzene rings is 1. The summed E-state index contributed by atoms with van der Waals surface area (Å²) in [4.78, 5) is 24.5. The van der Waals surface area contributed by atoms with Crippen LogP contribution in [-0.2, 0) is 16.0 Å². The lowest BCUT2D eigenvalue weighted by Gasteiger charge is -2.01. The van der Waals surface area contributed by atoms with Crippen LogP contribution in [0.25, 0.3) is 0 Å². The molecule has 0 radical (unpaired) electrons. The Hall–Kier alpha value is -1.53. The summed E-state index contributed by atoms with van der Waals surface area (Å²) in [5.74, 6) is -1.36. The average molecular weight is 357 g/mol. The van der Waals surface area contributed by atoms with Crippen LogP contribution in [0, 0.1) is 5.82 Å². The molecule has 6 heteroatoms. The van der Waals surface area contributed by atoms with Gasteiger partial charge in [-0.2, -0.15) is 0 Å². The molecule has 0 aliphatic heterocycles. The van der Waals surface area contributed by atoms with Crippen LogP contribution < -0.4 is 0 Å². The Morgan fingerprint density at radius 3 is 2.75 bits per heavy atom. The predicted molar refractivity (Wildman–Crippen MR) is 77.6 cm³/mol. The third-order valence-corrected chi connectivity index (χ3v) is 4.32. The third-order valence-electron chi connectivity index (χ3n) is 2.63. The molecule has 0 saturated heterocycles. The maximum Gasteiger partial charge on any atom is 0.310 e. The molecule has 2 rings (SSSR count). The Kier molecular flexibility index (Phi) is 4.67. The Balaban J connectivity index is 2.26. The zero-order valence-electron chi connectivity index (χ0n) is 10.5. The minimum Gasteiger partial charge on any atom is -0.469 e. The fourth-order valence-corrected chi connectivity index (χ4v) is 2.93. The number of ketones is 1. The number of ether oxygens (including phenoxy) is 1. The van der Waals surface area contributed by atoms with Gasteiger partial charge in [-0.3, -0.25) is 9.59 Å². The number of rotatable bonds is 4. The van der Waals surface area contributed by atoms with Gasteiger partial charge in [-0.1, -0.05) is 6.07 Å². The normalized spacial score (nSPS) is 10.3. The van der Waals surface area contributed by atoms with Crippen LogP contribution in [0.3, 0.4) is 0 Å². The van der Waals surface area contributed by atoms with Crippen molar-refractivity contribution in [3.8, 4) is 0 Å². The third kappa shape index (κ3) is 3.13. The summed E-state index contributed by atoms with van der Waals surface area (Å²) in [6, 6.07) is 7.82. The molecule has 0 unspecified atom stereocenters. The molecule has 0 aliphatic rings. The Bertz CT molecular complexity index is 666. The van der Waals surface area contributed by atoms with E-state index in [2.05, 4.69) is 20.7 Å². The number of hydrogen-bond donors (Lipinski definition) is 0. The van der Waals surface area contributed by atoms with Crippen molar-refractivity contribution in [2.75, 3.05) is 7.11 Å². The first-order valence-corrected chi connectivity index (χ1v) is 7.28. The lowest BCUT2D eigenvalue weighted by Crippen LogP contribution is -2.03. The van der Waals surface area contributed by atoms with Gasteiger partial charge in [-0.05, 0) is 40.2 Å². The van der Waals surface area contributed by atoms with Gasteiger partial charge in [0.1, 0.15) is 5.82 Å². The van der Waals surface area contributed by atoms with E-state index in [-0.39, 0.29) is 22.4 Å². The van der Waals surface area contributed by atoms with Crippen LogP contribution >= 0.6 is 27.3 Å². The van der Waals surface area contributed by atoms with E-state index in [1.165, 1.54) is 19.2 Å². The largest absolute Gasteiger partial charge is 0.469 e. The van der Waals surface area contributed by atoms with Crippen LogP contribution in [0.15, 0.2) is 34.8 Å². The number of halogens is 2. The van der Waals surface area contributed by atoms with E-state index in [0.717, 1.165) is 11.3 Å². The summed E-state index contributed by atoms with van der Waals surface area (Å²) in [5, 5.41) is 0. The maximum atomic E-state index is 13.9. The van der Waals surface area contributed by atoms with Crippen LogP contribution in [0.2, 0.25) is 0 Å². The average Bonchev–Trinajstić information content (AvgIpc) is 2.89. The smallest absolute Gasteiger partial charge is 0.310 e. The summed E-state index contributed by atoms with van der Waals surface area (Å²) in [7, 11) is 1.30. The van der Waals surface area contributed by atoms with Crippen molar-refractivity contribution in [3.63, 3.8) is 0 Å². The molecule has 20 heavy (non-hydrogen) atoms. The Morgan fingerprint density at radius 2 is 2.05 bits per heavy atom. The molecule has 3 nitrogen and oxygen atoms in total. The molecule has 1 aromatic heterocycles. The van der Waals surface area contributed by atoms with Gasteiger partial charge < -0.3 is 4.74 Å². The van der Waals surface area contributed by atoms with E-state index in [4.69, 9.17) is 0 Å². The van der Waals surface area contributed by atoms with Crippen LogP contribution in [0.5, 0.6) is 0 Å². The highest BCUT2D eigenvalue weighted by Gasteiger charge is 2.18. The summed E-state index contributed by atoms with van der Waals surface area (Å²) in [6.07, 6.45) is 0.107. The lowest BCUT2D eigenvalue weighted by molar-refractivity contribution is -0.139. The summed E-state index contributed by atoms with van der Waals surface area (Å²) in [5.41, 5.74) is 0.00541. The zero-order chi connectivity index (χ0) is 14.7. The number of carbonyl (C=O) groups is 2. The molecule has 0 amide bonds. The quantitative estimate of drug-likeness (QED) is 0.620. The molecular weight excluding hydrogens is 347 g/mol. The van der Waals surface area contributed by atoms with Crippen molar-refractivity contribution in [2.24, 2.45) is 0 Å². The first-order valence-electron chi connectivity index (χ1n) is 5.67. The van der Waals surface area contributed by atoms with E-state index in [0.29, 0.717) is 9.75 Å². The fraction of sp³-hybridized carbons (Fsp3) is 0.143. The molecular formula is C14H10BrFO3S. The molecule has 0 N–H and O–H groups in total. The van der Waals surface area contributed by atoms with Crippen molar-refractivity contribution in [1.29, 1.82) is 0 Å². The summed E-state index contributed by atoms with van der Waals surface area (Å²) >= 11 is 4.21. The van der Waals surface area contributed by atoms with Gasteiger partial charge in [0.2, 0.25) is 5.78 Å². The number of methoxy groups -OCH3 is 1. The van der Waals surface area contributed by atoms with Crippen LogP contribution in [0.4, 0.5) is 4.39 Å². The molecule has 0 atom stereocenters. The highest BCUT2D eigenvalue weighted by atomic mass is 79.9. The van der Waals surface area contributed by atoms with Crippen molar-refractivity contribution >= 4 is 39.0 Å². The van der Waals surface area contributed by atoms with Gasteiger partial charge in [0.05, 0.1) is 28.4 Å². The maximum absolute atomic E-state index is 13.9. The second-order valence-electron chi connectivity index (χ2n) is 3.95. The Labute approximate surface area is 127 Å². The fourth-order valence-electron chi connectivity index (χ4n) is 1.62. The summed E-state index contributed by atoms with van der Waals surface area (Å²) < 4.78 is 18.7. The molecule has 2 aromatic rings. The first-order chi connectivity index (χ1) is 9.52. The van der Waals surface area contributed by atoms with Gasteiger partial charge in [0.25, 0.3) is 0 Å². The van der Waals surface area contributed by atoms with E-state index >= 15 is 0 Å². The van der Waals surface area contributed by atoms with Crippen molar-refractivity contribution in [3.05, 3.63) is 55.9 Å². The monoisotopic (exact) mass is 356 g/mol. The molecule has 0 aliphatic carbocycles. The molecule has 1 aromatic carbocycles. The topological polar surface area (TPSA) is 43.4 Å². The van der Waals surface area contributed by atoms with E-state index in [9.17, 15) is 14.0 Å². The molecule has 0 saturated carbocycles. The van der Waals surface area contributed by atoms with Gasteiger partial charge >= 0.3 is 5.97 Å². The van der Waals surface area contributed by atoms with Gasteiger partial charge in [-0.25, -0.2) is 4.39 Å². The minimum absolute atomic E-state index is 0.00541. The van der Waals surface area contributed by atoms with Gasteiger partial charge in [0, 0.05) is 4.88 Å². The van der Waals surface area contributed by atoms with Crippen LogP contribution in [-0.4, -0.2) is 18.9 Å². The van der Waals surface area contributed by atoms with Crippen molar-refractivity contribution < 1.29 is 18.7 Å². The van der Waals surface area contributed by atoms with Crippen molar-refractivity contribution in [1.82, 2.24) is 0 Å². The highest BCUT2D eigenvalue weighted by Crippen LogP contribution is 2.25. The van der Waals surface area contributed by atoms with E-state index in [1.54, 1.807) is 18.2 Å². The molecule has 104 valence electrons. The van der Waals surface area contributed by atoms with Crippen molar-refractivity contribution in [2.45, 2.75) is 6.42 Å².